The molecule has 0 bridgehead atoms. The summed E-state index contributed by atoms with van der Waals surface area (Å²) in [5.74, 6) is -0.721. The van der Waals surface area contributed by atoms with Crippen molar-refractivity contribution in [2.75, 3.05) is 46.3 Å². The van der Waals surface area contributed by atoms with E-state index in [0.29, 0.717) is 13.0 Å². The largest absolute Gasteiger partial charge is 0.480 e. The highest BCUT2D eigenvalue weighted by molar-refractivity contribution is 5.79. The first-order chi connectivity index (χ1) is 8.04. The number of aliphatic carboxylic acids is 1. The summed E-state index contributed by atoms with van der Waals surface area (Å²) in [6.45, 7) is 9.37. The van der Waals surface area contributed by atoms with Crippen molar-refractivity contribution in [3.8, 4) is 0 Å². The molecule has 1 heterocycles. The van der Waals surface area contributed by atoms with Gasteiger partial charge in [0.25, 0.3) is 0 Å². The van der Waals surface area contributed by atoms with Gasteiger partial charge in [-0.2, -0.15) is 0 Å². The quantitative estimate of drug-likeness (QED) is 0.663. The van der Waals surface area contributed by atoms with Gasteiger partial charge in [0, 0.05) is 26.2 Å². The van der Waals surface area contributed by atoms with Gasteiger partial charge in [-0.15, -0.1) is 0 Å². The van der Waals surface area contributed by atoms with Crippen molar-refractivity contribution in [3.63, 3.8) is 0 Å². The fraction of sp³-hybridized carbons (Fsp3) is 0.917. The van der Waals surface area contributed by atoms with Crippen LogP contribution >= 0.6 is 0 Å². The fourth-order valence-electron chi connectivity index (χ4n) is 2.39. The van der Waals surface area contributed by atoms with Gasteiger partial charge in [-0.05, 0) is 26.6 Å². The van der Waals surface area contributed by atoms with E-state index in [0.717, 1.165) is 32.7 Å². The highest BCUT2D eigenvalue weighted by Crippen LogP contribution is 2.20. The molecule has 1 aliphatic rings. The van der Waals surface area contributed by atoms with Crippen LogP contribution in [-0.4, -0.2) is 72.7 Å². The number of rotatable bonds is 7. The van der Waals surface area contributed by atoms with Crippen molar-refractivity contribution < 1.29 is 9.90 Å². The third-order valence-corrected chi connectivity index (χ3v) is 3.66. The topological polar surface area (TPSA) is 55.8 Å². The van der Waals surface area contributed by atoms with Gasteiger partial charge in [-0.1, -0.05) is 13.8 Å². The van der Waals surface area contributed by atoms with Crippen LogP contribution in [-0.2, 0) is 4.79 Å². The molecule has 0 radical (unpaired) electrons. The number of carboxylic acid groups (broad SMARTS) is 1. The number of nitrogens with one attached hydrogen (secondary N) is 1. The lowest BCUT2D eigenvalue weighted by molar-refractivity contribution is -0.144. The Morgan fingerprint density at radius 3 is 2.53 bits per heavy atom. The summed E-state index contributed by atoms with van der Waals surface area (Å²) in [5.41, 5.74) is -0.734. The molecule has 5 nitrogen and oxygen atoms in total. The summed E-state index contributed by atoms with van der Waals surface area (Å²) < 4.78 is 0. The minimum absolute atomic E-state index is 0.598. The van der Waals surface area contributed by atoms with Crippen molar-refractivity contribution in [2.24, 2.45) is 0 Å². The molecular weight excluding hydrogens is 218 g/mol. The van der Waals surface area contributed by atoms with Crippen LogP contribution in [0.5, 0.6) is 0 Å². The highest BCUT2D eigenvalue weighted by atomic mass is 16.4. The summed E-state index contributed by atoms with van der Waals surface area (Å²) in [5, 5.41) is 12.6. The van der Waals surface area contributed by atoms with Crippen LogP contribution in [0.15, 0.2) is 0 Å². The maximum atomic E-state index is 11.4. The predicted octanol–water partition coefficient (Wildman–Crippen LogP) is 0.0767. The van der Waals surface area contributed by atoms with Crippen LogP contribution in [0.1, 0.15) is 20.3 Å². The van der Waals surface area contributed by atoms with E-state index in [2.05, 4.69) is 29.0 Å². The van der Waals surface area contributed by atoms with Gasteiger partial charge < -0.3 is 14.9 Å². The summed E-state index contributed by atoms with van der Waals surface area (Å²) in [7, 11) is 1.97. The Hall–Kier alpha value is -0.650. The Bertz CT molecular complexity index is 256. The molecule has 100 valence electrons. The number of likely N-dealkylation sites (tertiary alicyclic amines) is 1. The Labute approximate surface area is 104 Å². The molecule has 1 fully saturated rings. The minimum Gasteiger partial charge on any atom is -0.480 e. The van der Waals surface area contributed by atoms with Crippen molar-refractivity contribution >= 4 is 5.97 Å². The molecule has 0 saturated carbocycles. The molecule has 1 rings (SSSR count). The van der Waals surface area contributed by atoms with Crippen LogP contribution in [0, 0.1) is 0 Å². The lowest BCUT2D eigenvalue weighted by Gasteiger charge is -2.27. The predicted molar refractivity (Wildman–Crippen MR) is 68.3 cm³/mol. The number of hydrogen-bond acceptors (Lipinski definition) is 4. The average molecular weight is 243 g/mol. The Morgan fingerprint density at radius 2 is 2.12 bits per heavy atom. The number of carboxylic acids is 1. The molecule has 17 heavy (non-hydrogen) atoms. The molecule has 0 amide bonds. The third kappa shape index (κ3) is 3.66. The van der Waals surface area contributed by atoms with E-state index in [9.17, 15) is 9.90 Å². The molecule has 0 aromatic rings. The summed E-state index contributed by atoms with van der Waals surface area (Å²) >= 11 is 0. The van der Waals surface area contributed by atoms with Crippen LogP contribution in [0.25, 0.3) is 0 Å². The zero-order valence-corrected chi connectivity index (χ0v) is 11.2. The smallest absolute Gasteiger partial charge is 0.325 e. The van der Waals surface area contributed by atoms with Gasteiger partial charge in [0.15, 0.2) is 0 Å². The standard InChI is InChI=1S/C12H25N3O2/c1-4-15(5-2)9-7-13-12(11(16)17)6-8-14(3)10-12/h13H,4-10H2,1-3H3,(H,16,17). The fourth-order valence-corrected chi connectivity index (χ4v) is 2.39. The van der Waals surface area contributed by atoms with E-state index in [-0.39, 0.29) is 0 Å². The van der Waals surface area contributed by atoms with Gasteiger partial charge in [-0.25, -0.2) is 0 Å². The second kappa shape index (κ2) is 6.33. The summed E-state index contributed by atoms with van der Waals surface area (Å²) in [6, 6.07) is 0. The number of hydrogen-bond donors (Lipinski definition) is 2. The number of likely N-dealkylation sites (N-methyl/N-ethyl adjacent to an activating group) is 2. The monoisotopic (exact) mass is 243 g/mol. The van der Waals surface area contributed by atoms with E-state index >= 15 is 0 Å². The number of nitrogens with zero attached hydrogens (tertiary/aromatic N) is 2. The van der Waals surface area contributed by atoms with Gasteiger partial charge in [-0.3, -0.25) is 10.1 Å². The highest BCUT2D eigenvalue weighted by Gasteiger charge is 2.43. The average Bonchev–Trinajstić information content (AvgIpc) is 2.68. The van der Waals surface area contributed by atoms with Gasteiger partial charge in [0.05, 0.1) is 0 Å². The molecule has 0 aliphatic carbocycles. The summed E-state index contributed by atoms with van der Waals surface area (Å²) in [4.78, 5) is 15.7. The van der Waals surface area contributed by atoms with Crippen LogP contribution in [0.4, 0.5) is 0 Å². The Kier molecular flexibility index (Phi) is 5.36. The normalized spacial score (nSPS) is 25.6. The molecule has 1 saturated heterocycles. The molecule has 1 unspecified atom stereocenters. The molecular formula is C12H25N3O2. The maximum Gasteiger partial charge on any atom is 0.325 e. The first-order valence-corrected chi connectivity index (χ1v) is 6.43. The van der Waals surface area contributed by atoms with E-state index in [4.69, 9.17) is 0 Å². The lowest BCUT2D eigenvalue weighted by atomic mass is 9.99. The van der Waals surface area contributed by atoms with Crippen molar-refractivity contribution in [2.45, 2.75) is 25.8 Å². The van der Waals surface area contributed by atoms with Crippen LogP contribution in [0.3, 0.4) is 0 Å². The molecule has 2 N–H and O–H groups in total. The Balaban J connectivity index is 2.44. The first-order valence-electron chi connectivity index (χ1n) is 6.43. The van der Waals surface area contributed by atoms with E-state index in [1.807, 2.05) is 7.05 Å². The zero-order chi connectivity index (χ0) is 12.9. The van der Waals surface area contributed by atoms with Crippen LogP contribution < -0.4 is 5.32 Å². The second-order valence-electron chi connectivity index (χ2n) is 4.83. The molecule has 1 aliphatic heterocycles. The van der Waals surface area contributed by atoms with Crippen molar-refractivity contribution in [3.05, 3.63) is 0 Å². The molecule has 1 atom stereocenters. The maximum absolute atomic E-state index is 11.4. The Morgan fingerprint density at radius 1 is 1.47 bits per heavy atom. The van der Waals surface area contributed by atoms with E-state index in [1.54, 1.807) is 0 Å². The summed E-state index contributed by atoms with van der Waals surface area (Å²) in [6.07, 6.45) is 0.692. The zero-order valence-electron chi connectivity index (χ0n) is 11.2. The van der Waals surface area contributed by atoms with Crippen LogP contribution in [0.2, 0.25) is 0 Å². The lowest BCUT2D eigenvalue weighted by Crippen LogP contribution is -2.55. The molecule has 0 aromatic carbocycles. The van der Waals surface area contributed by atoms with E-state index in [1.165, 1.54) is 0 Å². The molecule has 5 heteroatoms. The first kappa shape index (κ1) is 14.4. The van der Waals surface area contributed by atoms with Gasteiger partial charge >= 0.3 is 5.97 Å². The minimum atomic E-state index is -0.734. The van der Waals surface area contributed by atoms with E-state index < -0.39 is 11.5 Å². The SMILES string of the molecule is CCN(CC)CCNC1(C(=O)O)CCN(C)C1. The van der Waals surface area contributed by atoms with Gasteiger partial charge in [0.1, 0.15) is 5.54 Å². The van der Waals surface area contributed by atoms with Crippen molar-refractivity contribution in [1.82, 2.24) is 15.1 Å². The molecule has 0 aromatic heterocycles. The second-order valence-corrected chi connectivity index (χ2v) is 4.83. The van der Waals surface area contributed by atoms with Gasteiger partial charge in [0.2, 0.25) is 0 Å². The third-order valence-electron chi connectivity index (χ3n) is 3.66. The number of carbonyl (C=O) groups is 1. The van der Waals surface area contributed by atoms with Crippen molar-refractivity contribution in [1.29, 1.82) is 0 Å². The molecule has 0 spiro atoms.